The SMILES string of the molecule is NCC1(CNC(C2CC2)C2CC2)CCCCCC1. The average molecular weight is 250 g/mol. The van der Waals surface area contributed by atoms with Gasteiger partial charge in [0.25, 0.3) is 0 Å². The van der Waals surface area contributed by atoms with Gasteiger partial charge in [-0.05, 0) is 62.3 Å². The van der Waals surface area contributed by atoms with Gasteiger partial charge in [-0.3, -0.25) is 0 Å². The topological polar surface area (TPSA) is 38.0 Å². The molecular formula is C16H30N2. The smallest absolute Gasteiger partial charge is 0.0124 e. The second-order valence-electron chi connectivity index (χ2n) is 7.20. The van der Waals surface area contributed by atoms with E-state index in [9.17, 15) is 0 Å². The van der Waals surface area contributed by atoms with Gasteiger partial charge in [0, 0.05) is 12.6 Å². The molecule has 104 valence electrons. The molecule has 0 atom stereocenters. The summed E-state index contributed by atoms with van der Waals surface area (Å²) in [5, 5.41) is 3.95. The van der Waals surface area contributed by atoms with Crippen LogP contribution in [0.3, 0.4) is 0 Å². The van der Waals surface area contributed by atoms with E-state index in [2.05, 4.69) is 5.32 Å². The fourth-order valence-electron chi connectivity index (χ4n) is 3.89. The first-order valence-corrected chi connectivity index (χ1v) is 8.26. The first-order chi connectivity index (χ1) is 8.83. The van der Waals surface area contributed by atoms with Gasteiger partial charge in [0.2, 0.25) is 0 Å². The molecule has 3 fully saturated rings. The molecule has 2 nitrogen and oxygen atoms in total. The minimum Gasteiger partial charge on any atom is -0.330 e. The van der Waals surface area contributed by atoms with Crippen LogP contribution in [0.1, 0.15) is 64.2 Å². The van der Waals surface area contributed by atoms with E-state index in [0.29, 0.717) is 5.41 Å². The summed E-state index contributed by atoms with van der Waals surface area (Å²) in [5.41, 5.74) is 6.57. The normalized spacial score (nSPS) is 28.3. The molecule has 3 aliphatic rings. The van der Waals surface area contributed by atoms with E-state index in [1.54, 1.807) is 0 Å². The van der Waals surface area contributed by atoms with Crippen LogP contribution in [-0.2, 0) is 0 Å². The standard InChI is InChI=1S/C16H30N2/c17-11-16(9-3-1-2-4-10-16)12-18-15(13-5-6-13)14-7-8-14/h13-15,18H,1-12,17H2. The van der Waals surface area contributed by atoms with Gasteiger partial charge >= 0.3 is 0 Å². The van der Waals surface area contributed by atoms with Crippen molar-refractivity contribution in [3.8, 4) is 0 Å². The Balaban J connectivity index is 1.54. The highest BCUT2D eigenvalue weighted by molar-refractivity contribution is 4.98. The van der Waals surface area contributed by atoms with Crippen LogP contribution in [0.4, 0.5) is 0 Å². The lowest BCUT2D eigenvalue weighted by atomic mass is 9.80. The Kier molecular flexibility index (Phi) is 3.95. The number of rotatable bonds is 6. The molecule has 0 radical (unpaired) electrons. The van der Waals surface area contributed by atoms with Crippen molar-refractivity contribution < 1.29 is 0 Å². The van der Waals surface area contributed by atoms with E-state index < -0.39 is 0 Å². The Hall–Kier alpha value is -0.0800. The largest absolute Gasteiger partial charge is 0.330 e. The van der Waals surface area contributed by atoms with Crippen molar-refractivity contribution in [3.63, 3.8) is 0 Å². The summed E-state index contributed by atoms with van der Waals surface area (Å²) in [6.07, 6.45) is 14.3. The van der Waals surface area contributed by atoms with Gasteiger partial charge in [-0.2, -0.15) is 0 Å². The van der Waals surface area contributed by atoms with Crippen LogP contribution in [-0.4, -0.2) is 19.1 Å². The van der Waals surface area contributed by atoms with Crippen LogP contribution in [0.2, 0.25) is 0 Å². The third kappa shape index (κ3) is 3.08. The van der Waals surface area contributed by atoms with Crippen LogP contribution < -0.4 is 11.1 Å². The lowest BCUT2D eigenvalue weighted by Gasteiger charge is -2.34. The highest BCUT2D eigenvalue weighted by atomic mass is 15.0. The number of nitrogens with one attached hydrogen (secondary N) is 1. The van der Waals surface area contributed by atoms with Gasteiger partial charge in [0.15, 0.2) is 0 Å². The van der Waals surface area contributed by atoms with Gasteiger partial charge in [0.1, 0.15) is 0 Å². The minimum absolute atomic E-state index is 0.429. The summed E-state index contributed by atoms with van der Waals surface area (Å²) in [7, 11) is 0. The minimum atomic E-state index is 0.429. The molecule has 0 aliphatic heterocycles. The molecule has 0 aromatic rings. The Morgan fingerprint density at radius 1 is 0.944 bits per heavy atom. The first-order valence-electron chi connectivity index (χ1n) is 8.26. The summed E-state index contributed by atoms with van der Waals surface area (Å²) < 4.78 is 0. The lowest BCUT2D eigenvalue weighted by molar-refractivity contribution is 0.221. The lowest BCUT2D eigenvalue weighted by Crippen LogP contribution is -2.45. The van der Waals surface area contributed by atoms with E-state index in [1.807, 2.05) is 0 Å². The van der Waals surface area contributed by atoms with E-state index in [-0.39, 0.29) is 0 Å². The highest BCUT2D eigenvalue weighted by Crippen LogP contribution is 2.45. The van der Waals surface area contributed by atoms with Crippen molar-refractivity contribution in [2.24, 2.45) is 23.0 Å². The highest BCUT2D eigenvalue weighted by Gasteiger charge is 2.42. The van der Waals surface area contributed by atoms with Crippen LogP contribution in [0, 0.1) is 17.3 Å². The van der Waals surface area contributed by atoms with Gasteiger partial charge in [-0.25, -0.2) is 0 Å². The van der Waals surface area contributed by atoms with Gasteiger partial charge in [-0.15, -0.1) is 0 Å². The Bertz CT molecular complexity index is 248. The summed E-state index contributed by atoms with van der Waals surface area (Å²) >= 11 is 0. The predicted octanol–water partition coefficient (Wildman–Crippen LogP) is 3.06. The van der Waals surface area contributed by atoms with Crippen LogP contribution >= 0.6 is 0 Å². The van der Waals surface area contributed by atoms with E-state index in [1.165, 1.54) is 70.8 Å². The molecule has 18 heavy (non-hydrogen) atoms. The van der Waals surface area contributed by atoms with Gasteiger partial charge in [-0.1, -0.05) is 25.7 Å². The molecule has 3 rings (SSSR count). The maximum atomic E-state index is 6.14. The quantitative estimate of drug-likeness (QED) is 0.711. The molecule has 2 heteroatoms. The molecule has 0 unspecified atom stereocenters. The Labute approximate surface area is 112 Å². The zero-order valence-corrected chi connectivity index (χ0v) is 11.8. The number of hydrogen-bond acceptors (Lipinski definition) is 2. The third-order valence-electron chi connectivity index (χ3n) is 5.57. The van der Waals surface area contributed by atoms with Crippen molar-refractivity contribution in [3.05, 3.63) is 0 Å². The van der Waals surface area contributed by atoms with Crippen molar-refractivity contribution in [2.75, 3.05) is 13.1 Å². The van der Waals surface area contributed by atoms with E-state index in [4.69, 9.17) is 5.73 Å². The molecule has 0 spiro atoms. The Morgan fingerprint density at radius 2 is 1.50 bits per heavy atom. The maximum Gasteiger partial charge on any atom is 0.0124 e. The van der Waals surface area contributed by atoms with Crippen molar-refractivity contribution >= 4 is 0 Å². The second-order valence-corrected chi connectivity index (χ2v) is 7.20. The summed E-state index contributed by atoms with van der Waals surface area (Å²) in [6, 6.07) is 0.844. The van der Waals surface area contributed by atoms with Crippen molar-refractivity contribution in [1.29, 1.82) is 0 Å². The Morgan fingerprint density at radius 3 is 1.94 bits per heavy atom. The van der Waals surface area contributed by atoms with Crippen LogP contribution in [0.5, 0.6) is 0 Å². The van der Waals surface area contributed by atoms with Gasteiger partial charge < -0.3 is 11.1 Å². The molecule has 0 aromatic carbocycles. The molecule has 3 saturated carbocycles. The third-order valence-corrected chi connectivity index (χ3v) is 5.57. The summed E-state index contributed by atoms with van der Waals surface area (Å²) in [6.45, 7) is 2.09. The zero-order chi connectivity index (χ0) is 12.4. The van der Waals surface area contributed by atoms with E-state index in [0.717, 1.165) is 24.4 Å². The number of nitrogens with two attached hydrogens (primary N) is 1. The molecular weight excluding hydrogens is 220 g/mol. The van der Waals surface area contributed by atoms with Crippen molar-refractivity contribution in [1.82, 2.24) is 5.32 Å². The second kappa shape index (κ2) is 5.50. The fourth-order valence-corrected chi connectivity index (χ4v) is 3.89. The molecule has 0 saturated heterocycles. The molecule has 3 aliphatic carbocycles. The fraction of sp³-hybridized carbons (Fsp3) is 1.00. The van der Waals surface area contributed by atoms with Crippen molar-refractivity contribution in [2.45, 2.75) is 70.3 Å². The maximum absolute atomic E-state index is 6.14. The first kappa shape index (κ1) is 12.9. The molecule has 0 aromatic heterocycles. The molecule has 3 N–H and O–H groups in total. The molecule has 0 bridgehead atoms. The summed E-state index contributed by atoms with van der Waals surface area (Å²) in [4.78, 5) is 0. The van der Waals surface area contributed by atoms with Crippen LogP contribution in [0.25, 0.3) is 0 Å². The van der Waals surface area contributed by atoms with Crippen LogP contribution in [0.15, 0.2) is 0 Å². The number of hydrogen-bond donors (Lipinski definition) is 2. The molecule has 0 amide bonds. The molecule has 0 heterocycles. The zero-order valence-electron chi connectivity index (χ0n) is 11.8. The average Bonchev–Trinajstić information content (AvgIpc) is 3.25. The summed E-state index contributed by atoms with van der Waals surface area (Å²) in [5.74, 6) is 2.02. The predicted molar refractivity (Wildman–Crippen MR) is 76.4 cm³/mol. The van der Waals surface area contributed by atoms with Gasteiger partial charge in [0.05, 0.1) is 0 Å². The van der Waals surface area contributed by atoms with E-state index >= 15 is 0 Å². The monoisotopic (exact) mass is 250 g/mol.